The predicted octanol–water partition coefficient (Wildman–Crippen LogP) is 4.71. The first-order valence-corrected chi connectivity index (χ1v) is 11.6. The number of aryl methyl sites for hydroxylation is 2. The maximum atomic E-state index is 13.1. The molecule has 6 heteroatoms. The lowest BCUT2D eigenvalue weighted by Gasteiger charge is -2.36. The van der Waals surface area contributed by atoms with Crippen LogP contribution in [-0.2, 0) is 4.79 Å². The summed E-state index contributed by atoms with van der Waals surface area (Å²) in [5.41, 5.74) is 1.29. The number of hydrogen-bond acceptors (Lipinski definition) is 5. The van der Waals surface area contributed by atoms with Crippen molar-refractivity contribution < 1.29 is 4.79 Å². The zero-order valence-corrected chi connectivity index (χ0v) is 18.2. The average molecular weight is 401 g/mol. The number of carbonyl (C=O) groups is 1. The summed E-state index contributed by atoms with van der Waals surface area (Å²) in [4.78, 5) is 29.0. The van der Waals surface area contributed by atoms with Crippen molar-refractivity contribution in [2.24, 2.45) is 5.92 Å². The van der Waals surface area contributed by atoms with Crippen LogP contribution in [0, 0.1) is 19.8 Å². The van der Waals surface area contributed by atoms with Gasteiger partial charge in [-0.1, -0.05) is 25.7 Å². The van der Waals surface area contributed by atoms with E-state index in [4.69, 9.17) is 0 Å². The first-order valence-electron chi connectivity index (χ1n) is 10.8. The van der Waals surface area contributed by atoms with Crippen molar-refractivity contribution in [2.45, 2.75) is 71.3 Å². The van der Waals surface area contributed by atoms with Crippen LogP contribution < -0.4 is 4.90 Å². The Morgan fingerprint density at radius 2 is 1.75 bits per heavy atom. The SMILES string of the molecule is Cc1sc2ncnc(N3CCC(C(=O)N(C)C4CCCCCC4)CC3)c2c1C. The van der Waals surface area contributed by atoms with Crippen molar-refractivity contribution in [2.75, 3.05) is 25.0 Å². The Kier molecular flexibility index (Phi) is 5.85. The van der Waals surface area contributed by atoms with Gasteiger partial charge in [-0.15, -0.1) is 11.3 Å². The van der Waals surface area contributed by atoms with Crippen LogP contribution in [0.25, 0.3) is 10.2 Å². The van der Waals surface area contributed by atoms with Crippen LogP contribution in [0.3, 0.4) is 0 Å². The van der Waals surface area contributed by atoms with Gasteiger partial charge in [-0.25, -0.2) is 9.97 Å². The van der Waals surface area contributed by atoms with Crippen molar-refractivity contribution in [1.82, 2.24) is 14.9 Å². The highest BCUT2D eigenvalue weighted by molar-refractivity contribution is 7.18. The number of fused-ring (bicyclic) bond motifs is 1. The van der Waals surface area contributed by atoms with Gasteiger partial charge in [-0.3, -0.25) is 4.79 Å². The van der Waals surface area contributed by atoms with E-state index in [1.807, 2.05) is 7.05 Å². The number of rotatable bonds is 3. The minimum absolute atomic E-state index is 0.159. The highest BCUT2D eigenvalue weighted by atomic mass is 32.1. The quantitative estimate of drug-likeness (QED) is 0.701. The highest BCUT2D eigenvalue weighted by Gasteiger charge is 2.31. The number of anilines is 1. The lowest BCUT2D eigenvalue weighted by atomic mass is 9.94. The summed E-state index contributed by atoms with van der Waals surface area (Å²) < 4.78 is 0. The standard InChI is InChI=1S/C22H32N4OS/c1-15-16(2)28-21-19(15)20(23-14-24-21)26-12-10-17(11-13-26)22(27)25(3)18-8-6-4-5-7-9-18/h14,17-18H,4-13H2,1-3H3. The van der Waals surface area contributed by atoms with Crippen molar-refractivity contribution in [1.29, 1.82) is 0 Å². The number of aromatic nitrogens is 2. The van der Waals surface area contributed by atoms with Gasteiger partial charge >= 0.3 is 0 Å². The third-order valence-corrected chi connectivity index (χ3v) is 7.92. The van der Waals surface area contributed by atoms with E-state index in [0.29, 0.717) is 11.9 Å². The second kappa shape index (κ2) is 8.36. The summed E-state index contributed by atoms with van der Waals surface area (Å²) in [6.45, 7) is 6.11. The monoisotopic (exact) mass is 400 g/mol. The number of amides is 1. The van der Waals surface area contributed by atoms with Gasteiger partial charge in [0.05, 0.1) is 5.39 Å². The molecule has 5 nitrogen and oxygen atoms in total. The van der Waals surface area contributed by atoms with Crippen LogP contribution in [0.2, 0.25) is 0 Å². The molecule has 2 aromatic heterocycles. The number of thiophene rings is 1. The minimum atomic E-state index is 0.159. The Morgan fingerprint density at radius 1 is 1.07 bits per heavy atom. The summed E-state index contributed by atoms with van der Waals surface area (Å²) in [7, 11) is 2.04. The fourth-order valence-electron chi connectivity index (χ4n) is 4.85. The normalized spacial score (nSPS) is 19.8. The fraction of sp³-hybridized carbons (Fsp3) is 0.682. The summed E-state index contributed by atoms with van der Waals surface area (Å²) in [5.74, 6) is 1.57. The van der Waals surface area contributed by atoms with E-state index in [2.05, 4.69) is 33.6 Å². The number of carbonyl (C=O) groups excluding carboxylic acids is 1. The molecule has 1 saturated heterocycles. The largest absolute Gasteiger partial charge is 0.356 e. The van der Waals surface area contributed by atoms with E-state index in [9.17, 15) is 4.79 Å². The lowest BCUT2D eigenvalue weighted by Crippen LogP contribution is -2.45. The van der Waals surface area contributed by atoms with E-state index < -0.39 is 0 Å². The number of nitrogens with zero attached hydrogens (tertiary/aromatic N) is 4. The fourth-order valence-corrected chi connectivity index (χ4v) is 5.85. The molecule has 1 amide bonds. The molecule has 0 unspecified atom stereocenters. The zero-order chi connectivity index (χ0) is 19.7. The number of piperidine rings is 1. The van der Waals surface area contributed by atoms with Gasteiger partial charge in [-0.05, 0) is 45.1 Å². The molecule has 0 N–H and O–H groups in total. The molecule has 0 atom stereocenters. The molecule has 4 rings (SSSR count). The van der Waals surface area contributed by atoms with Crippen LogP contribution in [0.15, 0.2) is 6.33 Å². The zero-order valence-electron chi connectivity index (χ0n) is 17.4. The van der Waals surface area contributed by atoms with Crippen molar-refractivity contribution in [3.63, 3.8) is 0 Å². The van der Waals surface area contributed by atoms with Gasteiger partial charge in [0, 0.05) is 37.0 Å². The smallest absolute Gasteiger partial charge is 0.225 e. The molecule has 1 aliphatic heterocycles. The Balaban J connectivity index is 1.43. The lowest BCUT2D eigenvalue weighted by molar-refractivity contribution is -0.137. The van der Waals surface area contributed by atoms with Crippen LogP contribution in [0.5, 0.6) is 0 Å². The third-order valence-electron chi connectivity index (χ3n) is 6.81. The topological polar surface area (TPSA) is 49.3 Å². The molecule has 2 aromatic rings. The van der Waals surface area contributed by atoms with Crippen LogP contribution in [0.1, 0.15) is 61.8 Å². The first kappa shape index (κ1) is 19.6. The van der Waals surface area contributed by atoms with E-state index in [0.717, 1.165) is 36.6 Å². The molecular weight excluding hydrogens is 368 g/mol. The Bertz CT molecular complexity index is 832. The van der Waals surface area contributed by atoms with Gasteiger partial charge in [0.25, 0.3) is 0 Å². The third kappa shape index (κ3) is 3.76. The Hall–Kier alpha value is -1.69. The molecule has 0 aromatic carbocycles. The van der Waals surface area contributed by atoms with E-state index in [-0.39, 0.29) is 5.92 Å². The van der Waals surface area contributed by atoms with Crippen molar-refractivity contribution >= 4 is 33.3 Å². The molecule has 152 valence electrons. The second-order valence-electron chi connectivity index (χ2n) is 8.52. The van der Waals surface area contributed by atoms with Gasteiger partial charge in [0.2, 0.25) is 5.91 Å². The molecule has 1 saturated carbocycles. The summed E-state index contributed by atoms with van der Waals surface area (Å²) in [6, 6.07) is 0.450. The molecule has 1 aliphatic carbocycles. The first-order chi connectivity index (χ1) is 13.6. The molecule has 2 fully saturated rings. The molecule has 28 heavy (non-hydrogen) atoms. The second-order valence-corrected chi connectivity index (χ2v) is 9.72. The maximum Gasteiger partial charge on any atom is 0.225 e. The van der Waals surface area contributed by atoms with Gasteiger partial charge in [0.1, 0.15) is 17.0 Å². The van der Waals surface area contributed by atoms with E-state index >= 15 is 0 Å². The average Bonchev–Trinajstić information content (AvgIpc) is 2.91. The highest BCUT2D eigenvalue weighted by Crippen LogP contribution is 2.36. The van der Waals surface area contributed by atoms with Crippen molar-refractivity contribution in [3.8, 4) is 0 Å². The van der Waals surface area contributed by atoms with E-state index in [1.54, 1.807) is 17.7 Å². The minimum Gasteiger partial charge on any atom is -0.356 e. The van der Waals surface area contributed by atoms with Crippen molar-refractivity contribution in [3.05, 3.63) is 16.8 Å². The molecule has 0 bridgehead atoms. The van der Waals surface area contributed by atoms with E-state index in [1.165, 1.54) is 54.4 Å². The Labute approximate surface area is 172 Å². The molecule has 3 heterocycles. The van der Waals surface area contributed by atoms with Crippen LogP contribution in [0.4, 0.5) is 5.82 Å². The molecular formula is C22H32N4OS. The molecule has 2 aliphatic rings. The predicted molar refractivity (Wildman–Crippen MR) is 116 cm³/mol. The Morgan fingerprint density at radius 3 is 2.43 bits per heavy atom. The van der Waals surface area contributed by atoms with Gasteiger partial charge < -0.3 is 9.80 Å². The van der Waals surface area contributed by atoms with Gasteiger partial charge in [0.15, 0.2) is 0 Å². The summed E-state index contributed by atoms with van der Waals surface area (Å²) in [5, 5.41) is 1.20. The maximum absolute atomic E-state index is 13.1. The molecule has 0 spiro atoms. The van der Waals surface area contributed by atoms with Gasteiger partial charge in [-0.2, -0.15) is 0 Å². The van der Waals surface area contributed by atoms with Crippen LogP contribution >= 0.6 is 11.3 Å². The number of hydrogen-bond donors (Lipinski definition) is 0. The molecule has 0 radical (unpaired) electrons. The summed E-state index contributed by atoms with van der Waals surface area (Å²) >= 11 is 1.75. The van der Waals surface area contributed by atoms with Crippen LogP contribution in [-0.4, -0.2) is 47.0 Å². The summed E-state index contributed by atoms with van der Waals surface area (Å²) in [6.07, 6.45) is 11.1.